The predicted molar refractivity (Wildman–Crippen MR) is 117 cm³/mol. The van der Waals surface area contributed by atoms with Gasteiger partial charge in [-0.2, -0.15) is 13.2 Å². The van der Waals surface area contributed by atoms with E-state index in [0.29, 0.717) is 4.57 Å². The van der Waals surface area contributed by atoms with Gasteiger partial charge in [-0.15, -0.1) is 0 Å². The van der Waals surface area contributed by atoms with Crippen LogP contribution < -0.4 is 11.2 Å². The van der Waals surface area contributed by atoms with Crippen LogP contribution in [0.15, 0.2) is 82.5 Å². The number of halogens is 4. The van der Waals surface area contributed by atoms with E-state index in [4.69, 9.17) is 14.2 Å². The normalized spacial score (nSPS) is 23.4. The number of carbonyl (C=O) groups is 2. The lowest BCUT2D eigenvalue weighted by molar-refractivity contribution is -0.305. The van der Waals surface area contributed by atoms with Crippen LogP contribution in [0.4, 0.5) is 17.6 Å². The molecule has 194 valence electrons. The second kappa shape index (κ2) is 10.0. The van der Waals surface area contributed by atoms with E-state index in [9.17, 15) is 32.3 Å². The van der Waals surface area contributed by atoms with Crippen molar-refractivity contribution >= 4 is 11.9 Å². The highest BCUT2D eigenvalue weighted by Gasteiger charge is 2.72. The van der Waals surface area contributed by atoms with Crippen molar-refractivity contribution in [2.45, 2.75) is 30.3 Å². The summed E-state index contributed by atoms with van der Waals surface area (Å²) in [6.45, 7) is -1.61. The van der Waals surface area contributed by atoms with Gasteiger partial charge in [0.25, 0.3) is 5.56 Å². The minimum Gasteiger partial charge on any atom is -0.458 e. The Morgan fingerprint density at radius 2 is 1.51 bits per heavy atom. The summed E-state index contributed by atoms with van der Waals surface area (Å²) in [5, 5.41) is 0. The predicted octanol–water partition coefficient (Wildman–Crippen LogP) is 2.79. The third kappa shape index (κ3) is 5.03. The number of H-pyrrole nitrogens is 1. The first-order valence-corrected chi connectivity index (χ1v) is 10.7. The Bertz CT molecular complexity index is 1390. The molecule has 4 rings (SSSR count). The largest absolute Gasteiger partial charge is 0.458 e. The summed E-state index contributed by atoms with van der Waals surface area (Å²) in [6, 6.07) is 14.6. The van der Waals surface area contributed by atoms with E-state index in [1.165, 1.54) is 54.6 Å². The Labute approximate surface area is 205 Å². The smallest absolute Gasteiger partial charge is 0.424 e. The Kier molecular flexibility index (Phi) is 6.99. The van der Waals surface area contributed by atoms with Gasteiger partial charge in [-0.1, -0.05) is 36.4 Å². The second-order valence-electron chi connectivity index (χ2n) is 7.99. The molecule has 0 radical (unpaired) electrons. The molecule has 1 aliphatic rings. The highest BCUT2D eigenvalue weighted by molar-refractivity contribution is 5.90. The lowest BCUT2D eigenvalue weighted by Crippen LogP contribution is -2.59. The SMILES string of the molecule is O=C(OC[C@@]1(C(F)(F)F)OC(n2ccc(=O)[nH]c2=O)[C@H](F)[C@@H]1OC(=O)c1ccccc1)c1ccccc1. The first kappa shape index (κ1) is 25.8. The molecule has 0 saturated carbocycles. The molecule has 0 bridgehead atoms. The number of benzene rings is 2. The van der Waals surface area contributed by atoms with Crippen LogP contribution in [-0.2, 0) is 14.2 Å². The Morgan fingerprint density at radius 3 is 2.05 bits per heavy atom. The van der Waals surface area contributed by atoms with Crippen LogP contribution in [0, 0.1) is 0 Å². The summed E-state index contributed by atoms with van der Waals surface area (Å²) in [7, 11) is 0. The molecule has 13 heteroatoms. The highest BCUT2D eigenvalue weighted by Crippen LogP contribution is 2.49. The number of esters is 2. The van der Waals surface area contributed by atoms with Gasteiger partial charge in [0.1, 0.15) is 6.61 Å². The molecule has 37 heavy (non-hydrogen) atoms. The van der Waals surface area contributed by atoms with E-state index in [-0.39, 0.29) is 11.1 Å². The molecule has 3 aromatic rings. The molecule has 2 heterocycles. The van der Waals surface area contributed by atoms with Gasteiger partial charge in [0.2, 0.25) is 5.60 Å². The maximum atomic E-state index is 15.7. The summed E-state index contributed by atoms with van der Waals surface area (Å²) >= 11 is 0. The maximum Gasteiger partial charge on any atom is 0.424 e. The van der Waals surface area contributed by atoms with Crippen LogP contribution >= 0.6 is 0 Å². The van der Waals surface area contributed by atoms with Gasteiger partial charge >= 0.3 is 23.8 Å². The minimum absolute atomic E-state index is 0.0964. The molecule has 9 nitrogen and oxygen atoms in total. The van der Waals surface area contributed by atoms with Gasteiger partial charge in [0.05, 0.1) is 11.1 Å². The van der Waals surface area contributed by atoms with Gasteiger partial charge in [-0.3, -0.25) is 14.3 Å². The number of hydrogen-bond acceptors (Lipinski definition) is 7. The van der Waals surface area contributed by atoms with E-state index in [1.54, 1.807) is 11.1 Å². The van der Waals surface area contributed by atoms with Gasteiger partial charge in [-0.05, 0) is 24.3 Å². The fourth-order valence-corrected chi connectivity index (χ4v) is 3.77. The molecule has 0 spiro atoms. The van der Waals surface area contributed by atoms with E-state index in [1.807, 2.05) is 0 Å². The maximum absolute atomic E-state index is 15.7. The summed E-state index contributed by atoms with van der Waals surface area (Å²) in [6.07, 6.45) is -12.5. The number of hydrogen-bond donors (Lipinski definition) is 1. The van der Waals surface area contributed by atoms with Gasteiger partial charge in [-0.25, -0.2) is 18.8 Å². The van der Waals surface area contributed by atoms with Crippen molar-refractivity contribution in [2.24, 2.45) is 0 Å². The molecule has 1 unspecified atom stereocenters. The summed E-state index contributed by atoms with van der Waals surface area (Å²) in [5.41, 5.74) is -6.15. The molecular formula is C24H18F4N2O7. The zero-order chi connectivity index (χ0) is 26.8. The van der Waals surface area contributed by atoms with Crippen molar-refractivity contribution in [3.05, 3.63) is 105 Å². The van der Waals surface area contributed by atoms with Crippen LogP contribution in [0.2, 0.25) is 0 Å². The fraction of sp³-hybridized carbons (Fsp3) is 0.250. The number of carbonyl (C=O) groups excluding carboxylic acids is 2. The number of rotatable bonds is 6. The van der Waals surface area contributed by atoms with E-state index < -0.39 is 60.1 Å². The van der Waals surface area contributed by atoms with E-state index in [0.717, 1.165) is 12.3 Å². The van der Waals surface area contributed by atoms with Gasteiger partial charge < -0.3 is 14.2 Å². The van der Waals surface area contributed by atoms with Crippen molar-refractivity contribution < 1.29 is 41.4 Å². The zero-order valence-corrected chi connectivity index (χ0v) is 18.7. The lowest BCUT2D eigenvalue weighted by atomic mass is 9.95. The third-order valence-electron chi connectivity index (χ3n) is 5.63. The Morgan fingerprint density at radius 1 is 0.946 bits per heavy atom. The van der Waals surface area contributed by atoms with Crippen LogP contribution in [0.25, 0.3) is 0 Å². The molecule has 2 aromatic carbocycles. The number of nitrogens with one attached hydrogen (secondary N) is 1. The molecule has 1 aliphatic heterocycles. The molecule has 1 fully saturated rings. The number of aromatic amines is 1. The molecule has 1 saturated heterocycles. The topological polar surface area (TPSA) is 117 Å². The van der Waals surface area contributed by atoms with E-state index >= 15 is 4.39 Å². The minimum atomic E-state index is -5.46. The van der Waals surface area contributed by atoms with Crippen molar-refractivity contribution in [1.82, 2.24) is 9.55 Å². The zero-order valence-electron chi connectivity index (χ0n) is 18.7. The fourth-order valence-electron chi connectivity index (χ4n) is 3.77. The number of ether oxygens (including phenoxy) is 3. The van der Waals surface area contributed by atoms with Crippen LogP contribution in [0.1, 0.15) is 26.9 Å². The standard InChI is InChI=1S/C24H18F4N2O7/c25-17-18(36-21(33)15-9-5-2-6-10-15)23(24(26,27)28,13-35-20(32)14-7-3-1-4-8-14)37-19(17)30-12-11-16(31)29-22(30)34/h1-12,17-19H,13H2,(H,29,31,34)/t17-,18+,19?,23-/m1/s1. The average molecular weight is 522 g/mol. The molecule has 1 N–H and O–H groups in total. The van der Waals surface area contributed by atoms with E-state index in [2.05, 4.69) is 0 Å². The number of nitrogens with zero attached hydrogens (tertiary/aromatic N) is 1. The van der Waals surface area contributed by atoms with Crippen molar-refractivity contribution in [2.75, 3.05) is 6.61 Å². The van der Waals surface area contributed by atoms with Crippen molar-refractivity contribution in [1.29, 1.82) is 0 Å². The molecule has 0 amide bonds. The first-order chi connectivity index (χ1) is 17.5. The molecule has 1 aromatic heterocycles. The Hall–Kier alpha value is -4.26. The quantitative estimate of drug-likeness (QED) is 0.391. The van der Waals surface area contributed by atoms with Crippen LogP contribution in [0.3, 0.4) is 0 Å². The monoisotopic (exact) mass is 522 g/mol. The average Bonchev–Trinajstić information content (AvgIpc) is 3.16. The molecule has 0 aliphatic carbocycles. The number of aromatic nitrogens is 2. The first-order valence-electron chi connectivity index (χ1n) is 10.7. The lowest BCUT2D eigenvalue weighted by Gasteiger charge is -2.34. The van der Waals surface area contributed by atoms with Crippen molar-refractivity contribution in [3.63, 3.8) is 0 Å². The molecular weight excluding hydrogens is 504 g/mol. The second-order valence-corrected chi connectivity index (χ2v) is 7.99. The summed E-state index contributed by atoms with van der Waals surface area (Å²) < 4.78 is 74.7. The summed E-state index contributed by atoms with van der Waals surface area (Å²) in [4.78, 5) is 50.4. The van der Waals surface area contributed by atoms with Gasteiger partial charge in [0, 0.05) is 12.3 Å². The van der Waals surface area contributed by atoms with Crippen LogP contribution in [-0.4, -0.2) is 52.1 Å². The van der Waals surface area contributed by atoms with Crippen molar-refractivity contribution in [3.8, 4) is 0 Å². The highest BCUT2D eigenvalue weighted by atomic mass is 19.4. The summed E-state index contributed by atoms with van der Waals surface area (Å²) in [5.74, 6) is -2.49. The Balaban J connectivity index is 1.75. The molecule has 4 atom stereocenters. The third-order valence-corrected chi connectivity index (χ3v) is 5.63. The number of alkyl halides is 4. The van der Waals surface area contributed by atoms with Crippen LogP contribution in [0.5, 0.6) is 0 Å². The van der Waals surface area contributed by atoms with Gasteiger partial charge in [0.15, 0.2) is 18.5 Å².